The summed E-state index contributed by atoms with van der Waals surface area (Å²) in [6.07, 6.45) is 5.71. The lowest BCUT2D eigenvalue weighted by molar-refractivity contribution is -0.141. The minimum absolute atomic E-state index is 0.0639. The zero-order chi connectivity index (χ0) is 17.3. The van der Waals surface area contributed by atoms with E-state index in [0.717, 1.165) is 62.1 Å². The van der Waals surface area contributed by atoms with Crippen molar-refractivity contribution in [1.29, 1.82) is 0 Å². The van der Waals surface area contributed by atoms with Crippen molar-refractivity contribution in [2.45, 2.75) is 71.9 Å². The first-order chi connectivity index (χ1) is 11.5. The van der Waals surface area contributed by atoms with Crippen molar-refractivity contribution in [3.8, 4) is 0 Å². The standard InChI is InChI=1S/C18H28N4O2/c1-4-10-22-13(3)16(12(2)20-22)19-17(23)15-7-5-6-11-21(15)18(24)14-8-9-14/h14-15H,4-11H2,1-3H3,(H,19,23). The van der Waals surface area contributed by atoms with Crippen molar-refractivity contribution in [3.63, 3.8) is 0 Å². The molecule has 2 heterocycles. The molecule has 1 saturated heterocycles. The number of amides is 2. The molecule has 1 unspecified atom stereocenters. The third-order valence-electron chi connectivity index (χ3n) is 5.08. The second-order valence-corrected chi connectivity index (χ2v) is 7.08. The van der Waals surface area contributed by atoms with E-state index in [-0.39, 0.29) is 23.8 Å². The minimum atomic E-state index is -0.333. The zero-order valence-corrected chi connectivity index (χ0v) is 15.0. The van der Waals surface area contributed by atoms with Gasteiger partial charge in [0.25, 0.3) is 0 Å². The van der Waals surface area contributed by atoms with Crippen molar-refractivity contribution in [2.24, 2.45) is 5.92 Å². The number of likely N-dealkylation sites (tertiary alicyclic amines) is 1. The van der Waals surface area contributed by atoms with Crippen LogP contribution in [0.2, 0.25) is 0 Å². The van der Waals surface area contributed by atoms with Crippen LogP contribution in [-0.2, 0) is 16.1 Å². The zero-order valence-electron chi connectivity index (χ0n) is 15.0. The van der Waals surface area contributed by atoms with E-state index < -0.39 is 0 Å². The highest BCUT2D eigenvalue weighted by atomic mass is 16.2. The summed E-state index contributed by atoms with van der Waals surface area (Å²) in [6, 6.07) is -0.333. The number of rotatable bonds is 5. The summed E-state index contributed by atoms with van der Waals surface area (Å²) in [6.45, 7) is 7.57. The van der Waals surface area contributed by atoms with Crippen molar-refractivity contribution in [3.05, 3.63) is 11.4 Å². The molecule has 6 nitrogen and oxygen atoms in total. The molecular weight excluding hydrogens is 304 g/mol. The Morgan fingerprint density at radius 3 is 2.62 bits per heavy atom. The molecule has 1 aliphatic heterocycles. The monoisotopic (exact) mass is 332 g/mol. The first-order valence-electron chi connectivity index (χ1n) is 9.18. The third-order valence-corrected chi connectivity index (χ3v) is 5.08. The maximum atomic E-state index is 12.9. The molecule has 1 N–H and O–H groups in total. The number of anilines is 1. The fourth-order valence-electron chi connectivity index (χ4n) is 3.55. The molecule has 1 aliphatic carbocycles. The second-order valence-electron chi connectivity index (χ2n) is 7.08. The molecule has 0 radical (unpaired) electrons. The lowest BCUT2D eigenvalue weighted by atomic mass is 10.0. The molecule has 0 bridgehead atoms. The van der Waals surface area contributed by atoms with Crippen LogP contribution in [0.25, 0.3) is 0 Å². The van der Waals surface area contributed by atoms with Gasteiger partial charge in [0, 0.05) is 19.0 Å². The lowest BCUT2D eigenvalue weighted by Gasteiger charge is -2.35. The molecule has 132 valence electrons. The highest BCUT2D eigenvalue weighted by Crippen LogP contribution is 2.33. The number of aryl methyl sites for hydroxylation is 2. The summed E-state index contributed by atoms with van der Waals surface area (Å²) < 4.78 is 1.94. The molecule has 1 aromatic heterocycles. The van der Waals surface area contributed by atoms with Crippen molar-refractivity contribution >= 4 is 17.5 Å². The van der Waals surface area contributed by atoms with Crippen LogP contribution in [0, 0.1) is 19.8 Å². The van der Waals surface area contributed by atoms with Gasteiger partial charge in [-0.05, 0) is 52.4 Å². The Hall–Kier alpha value is -1.85. The molecule has 2 fully saturated rings. The Balaban J connectivity index is 1.74. The third kappa shape index (κ3) is 3.32. The summed E-state index contributed by atoms with van der Waals surface area (Å²) in [5.41, 5.74) is 2.63. The Morgan fingerprint density at radius 2 is 1.96 bits per heavy atom. The Morgan fingerprint density at radius 1 is 1.21 bits per heavy atom. The Kier molecular flexibility index (Phi) is 4.92. The van der Waals surface area contributed by atoms with Gasteiger partial charge in [-0.2, -0.15) is 5.10 Å². The number of piperidine rings is 1. The summed E-state index contributed by atoms with van der Waals surface area (Å²) in [5.74, 6) is 0.269. The highest BCUT2D eigenvalue weighted by Gasteiger charge is 2.39. The molecule has 0 spiro atoms. The van der Waals surface area contributed by atoms with E-state index in [0.29, 0.717) is 6.54 Å². The number of carbonyl (C=O) groups is 2. The van der Waals surface area contributed by atoms with E-state index in [1.54, 1.807) is 0 Å². The fraction of sp³-hybridized carbons (Fsp3) is 0.722. The fourth-order valence-corrected chi connectivity index (χ4v) is 3.55. The SMILES string of the molecule is CCCn1nc(C)c(NC(=O)C2CCCCN2C(=O)C2CC2)c1C. The first kappa shape index (κ1) is 17.0. The maximum absolute atomic E-state index is 12.9. The molecule has 1 atom stereocenters. The smallest absolute Gasteiger partial charge is 0.247 e. The average Bonchev–Trinajstić information content (AvgIpc) is 3.39. The summed E-state index contributed by atoms with van der Waals surface area (Å²) in [4.78, 5) is 27.2. The van der Waals surface area contributed by atoms with Crippen LogP contribution in [0.15, 0.2) is 0 Å². The largest absolute Gasteiger partial charge is 0.330 e. The van der Waals surface area contributed by atoms with Gasteiger partial charge in [-0.15, -0.1) is 0 Å². The van der Waals surface area contributed by atoms with Crippen molar-refractivity contribution < 1.29 is 9.59 Å². The van der Waals surface area contributed by atoms with E-state index in [1.165, 1.54) is 0 Å². The van der Waals surface area contributed by atoms with Crippen molar-refractivity contribution in [1.82, 2.24) is 14.7 Å². The van der Waals surface area contributed by atoms with E-state index in [9.17, 15) is 9.59 Å². The molecular formula is C18H28N4O2. The highest BCUT2D eigenvalue weighted by molar-refractivity contribution is 5.98. The summed E-state index contributed by atoms with van der Waals surface area (Å²) in [7, 11) is 0. The van der Waals surface area contributed by atoms with Gasteiger partial charge in [0.05, 0.1) is 17.1 Å². The Labute approximate surface area is 143 Å². The normalized spacial score (nSPS) is 21.0. The van der Waals surface area contributed by atoms with Gasteiger partial charge in [0.1, 0.15) is 6.04 Å². The predicted molar refractivity (Wildman–Crippen MR) is 92.7 cm³/mol. The van der Waals surface area contributed by atoms with Gasteiger partial charge in [0.15, 0.2) is 0 Å². The van der Waals surface area contributed by atoms with E-state index >= 15 is 0 Å². The lowest BCUT2D eigenvalue weighted by Crippen LogP contribution is -2.50. The predicted octanol–water partition coefficient (Wildman–Crippen LogP) is 2.64. The van der Waals surface area contributed by atoms with E-state index in [4.69, 9.17) is 0 Å². The molecule has 1 saturated carbocycles. The first-order valence-corrected chi connectivity index (χ1v) is 9.18. The molecule has 1 aromatic rings. The molecule has 2 amide bonds. The topological polar surface area (TPSA) is 67.2 Å². The van der Waals surface area contributed by atoms with Gasteiger partial charge in [0.2, 0.25) is 11.8 Å². The van der Waals surface area contributed by atoms with Crippen LogP contribution in [0.1, 0.15) is 56.8 Å². The maximum Gasteiger partial charge on any atom is 0.247 e. The van der Waals surface area contributed by atoms with Crippen LogP contribution in [0.3, 0.4) is 0 Å². The van der Waals surface area contributed by atoms with Crippen LogP contribution < -0.4 is 5.32 Å². The van der Waals surface area contributed by atoms with Gasteiger partial charge in [-0.25, -0.2) is 0 Å². The summed E-state index contributed by atoms with van der Waals surface area (Å²) >= 11 is 0. The minimum Gasteiger partial charge on any atom is -0.330 e. The Bertz CT molecular complexity index is 633. The number of nitrogens with zero attached hydrogens (tertiary/aromatic N) is 3. The molecule has 0 aromatic carbocycles. The van der Waals surface area contributed by atoms with E-state index in [2.05, 4.69) is 17.3 Å². The van der Waals surface area contributed by atoms with Crippen LogP contribution >= 0.6 is 0 Å². The van der Waals surface area contributed by atoms with Gasteiger partial charge in [-0.1, -0.05) is 6.92 Å². The number of hydrogen-bond acceptors (Lipinski definition) is 3. The molecule has 6 heteroatoms. The van der Waals surface area contributed by atoms with Gasteiger partial charge < -0.3 is 10.2 Å². The molecule has 24 heavy (non-hydrogen) atoms. The van der Waals surface area contributed by atoms with Crippen LogP contribution in [-0.4, -0.2) is 39.1 Å². The number of carbonyl (C=O) groups excluding carboxylic acids is 2. The van der Waals surface area contributed by atoms with Gasteiger partial charge >= 0.3 is 0 Å². The number of aromatic nitrogens is 2. The summed E-state index contributed by atoms with van der Waals surface area (Å²) in [5, 5.41) is 7.57. The van der Waals surface area contributed by atoms with E-state index in [1.807, 2.05) is 23.4 Å². The number of hydrogen-bond donors (Lipinski definition) is 1. The quantitative estimate of drug-likeness (QED) is 0.901. The van der Waals surface area contributed by atoms with Crippen LogP contribution in [0.4, 0.5) is 5.69 Å². The number of nitrogens with one attached hydrogen (secondary N) is 1. The van der Waals surface area contributed by atoms with Crippen molar-refractivity contribution in [2.75, 3.05) is 11.9 Å². The average molecular weight is 332 g/mol. The molecule has 3 rings (SSSR count). The molecule has 2 aliphatic rings. The second kappa shape index (κ2) is 6.95. The van der Waals surface area contributed by atoms with Gasteiger partial charge in [-0.3, -0.25) is 14.3 Å². The van der Waals surface area contributed by atoms with Crippen LogP contribution in [0.5, 0.6) is 0 Å².